The minimum Gasteiger partial charge on any atom is -0.497 e. The maximum absolute atomic E-state index is 9.10. The first-order valence-corrected chi connectivity index (χ1v) is 6.33. The Hall–Kier alpha value is -2.19. The first-order valence-electron chi connectivity index (χ1n) is 5.53. The number of nitrogens with zero attached hydrogens (tertiary/aromatic N) is 1. The molecule has 0 atom stereocenters. The SMILES string of the molecule is COc1cc(Br)cc(Nc2ccc(N)cc2C#N)c1. The van der Waals surface area contributed by atoms with E-state index in [2.05, 4.69) is 27.3 Å². The quantitative estimate of drug-likeness (QED) is 0.847. The molecule has 0 aliphatic carbocycles. The predicted octanol–water partition coefficient (Wildman–Crippen LogP) is 3.66. The zero-order valence-corrected chi connectivity index (χ0v) is 11.9. The number of nitriles is 1. The number of nitrogens with two attached hydrogens (primary N) is 1. The Labute approximate surface area is 119 Å². The molecule has 5 heteroatoms. The molecular formula is C14H12BrN3O. The molecule has 0 saturated carbocycles. The largest absolute Gasteiger partial charge is 0.497 e. The third-order valence-electron chi connectivity index (χ3n) is 2.55. The average Bonchev–Trinajstić information content (AvgIpc) is 2.40. The van der Waals surface area contributed by atoms with E-state index in [0.717, 1.165) is 15.9 Å². The molecule has 0 aliphatic heterocycles. The highest BCUT2D eigenvalue weighted by atomic mass is 79.9. The summed E-state index contributed by atoms with van der Waals surface area (Å²) < 4.78 is 6.09. The molecule has 0 fully saturated rings. The summed E-state index contributed by atoms with van der Waals surface area (Å²) >= 11 is 3.41. The molecular weight excluding hydrogens is 306 g/mol. The van der Waals surface area contributed by atoms with E-state index in [0.29, 0.717) is 16.9 Å². The highest BCUT2D eigenvalue weighted by Crippen LogP contribution is 2.28. The summed E-state index contributed by atoms with van der Waals surface area (Å²) in [7, 11) is 1.61. The Bertz CT molecular complexity index is 650. The van der Waals surface area contributed by atoms with E-state index in [4.69, 9.17) is 15.7 Å². The lowest BCUT2D eigenvalue weighted by molar-refractivity contribution is 0.415. The predicted molar refractivity (Wildman–Crippen MR) is 79.5 cm³/mol. The lowest BCUT2D eigenvalue weighted by Crippen LogP contribution is -1.96. The Balaban J connectivity index is 2.36. The van der Waals surface area contributed by atoms with E-state index in [-0.39, 0.29) is 0 Å². The van der Waals surface area contributed by atoms with Gasteiger partial charge in [0, 0.05) is 21.9 Å². The first-order chi connectivity index (χ1) is 9.12. The van der Waals surface area contributed by atoms with Gasteiger partial charge in [0.25, 0.3) is 0 Å². The Morgan fingerprint density at radius 1 is 1.26 bits per heavy atom. The van der Waals surface area contributed by atoms with Crippen molar-refractivity contribution in [2.24, 2.45) is 0 Å². The maximum Gasteiger partial charge on any atom is 0.122 e. The summed E-state index contributed by atoms with van der Waals surface area (Å²) in [6.45, 7) is 0. The molecule has 0 amide bonds. The van der Waals surface area contributed by atoms with Gasteiger partial charge in [-0.2, -0.15) is 5.26 Å². The molecule has 0 heterocycles. The zero-order valence-electron chi connectivity index (χ0n) is 10.3. The minimum atomic E-state index is 0.499. The molecule has 2 aromatic carbocycles. The van der Waals surface area contributed by atoms with Crippen LogP contribution in [0.2, 0.25) is 0 Å². The van der Waals surface area contributed by atoms with Gasteiger partial charge < -0.3 is 15.8 Å². The molecule has 0 aliphatic rings. The number of benzene rings is 2. The summed E-state index contributed by atoms with van der Waals surface area (Å²) in [5.74, 6) is 0.728. The lowest BCUT2D eigenvalue weighted by atomic mass is 10.1. The first kappa shape index (κ1) is 13.2. The van der Waals surface area contributed by atoms with Crippen molar-refractivity contribution < 1.29 is 4.74 Å². The third kappa shape index (κ3) is 3.18. The fraction of sp³-hybridized carbons (Fsp3) is 0.0714. The smallest absolute Gasteiger partial charge is 0.122 e. The molecule has 2 rings (SSSR count). The van der Waals surface area contributed by atoms with E-state index in [1.807, 2.05) is 18.2 Å². The Morgan fingerprint density at radius 2 is 2.05 bits per heavy atom. The topological polar surface area (TPSA) is 71.1 Å². The van der Waals surface area contributed by atoms with Crippen LogP contribution in [0.25, 0.3) is 0 Å². The molecule has 2 aromatic rings. The second-order valence-corrected chi connectivity index (χ2v) is 4.84. The summed E-state index contributed by atoms with van der Waals surface area (Å²) in [6, 6.07) is 12.9. The van der Waals surface area contributed by atoms with Crippen molar-refractivity contribution in [1.29, 1.82) is 5.26 Å². The Kier molecular flexibility index (Phi) is 3.93. The van der Waals surface area contributed by atoms with E-state index >= 15 is 0 Å². The van der Waals surface area contributed by atoms with Crippen LogP contribution in [0.5, 0.6) is 5.75 Å². The number of halogens is 1. The number of anilines is 3. The standard InChI is InChI=1S/C14H12BrN3O/c1-19-13-6-10(15)5-12(7-13)18-14-3-2-11(17)4-9(14)8-16/h2-7,18H,17H2,1H3. The molecule has 0 spiro atoms. The number of ether oxygens (including phenoxy) is 1. The fourth-order valence-electron chi connectivity index (χ4n) is 1.67. The van der Waals surface area contributed by atoms with Gasteiger partial charge in [-0.3, -0.25) is 0 Å². The van der Waals surface area contributed by atoms with Crippen molar-refractivity contribution in [3.8, 4) is 11.8 Å². The maximum atomic E-state index is 9.10. The summed E-state index contributed by atoms with van der Waals surface area (Å²) in [5, 5.41) is 12.3. The third-order valence-corrected chi connectivity index (χ3v) is 3.01. The Morgan fingerprint density at radius 3 is 2.74 bits per heavy atom. The van der Waals surface area contributed by atoms with E-state index < -0.39 is 0 Å². The van der Waals surface area contributed by atoms with Gasteiger partial charge in [0.1, 0.15) is 11.8 Å². The van der Waals surface area contributed by atoms with Crippen LogP contribution in [0, 0.1) is 11.3 Å². The molecule has 96 valence electrons. The van der Waals surface area contributed by atoms with Crippen molar-refractivity contribution in [3.63, 3.8) is 0 Å². The van der Waals surface area contributed by atoms with Crippen LogP contribution in [0.1, 0.15) is 5.56 Å². The molecule has 0 saturated heterocycles. The van der Waals surface area contributed by atoms with E-state index in [1.54, 1.807) is 25.3 Å². The van der Waals surface area contributed by atoms with Crippen LogP contribution >= 0.6 is 15.9 Å². The van der Waals surface area contributed by atoms with E-state index in [1.165, 1.54) is 0 Å². The number of methoxy groups -OCH3 is 1. The van der Waals surface area contributed by atoms with Gasteiger partial charge in [-0.15, -0.1) is 0 Å². The normalized spacial score (nSPS) is 9.74. The van der Waals surface area contributed by atoms with Gasteiger partial charge in [0.2, 0.25) is 0 Å². The van der Waals surface area contributed by atoms with Crippen molar-refractivity contribution in [1.82, 2.24) is 0 Å². The van der Waals surface area contributed by atoms with Crippen LogP contribution in [0.15, 0.2) is 40.9 Å². The van der Waals surface area contributed by atoms with Crippen molar-refractivity contribution in [3.05, 3.63) is 46.4 Å². The second kappa shape index (κ2) is 5.63. The minimum absolute atomic E-state index is 0.499. The van der Waals surface area contributed by atoms with Gasteiger partial charge in [-0.1, -0.05) is 15.9 Å². The summed E-state index contributed by atoms with van der Waals surface area (Å²) in [5.41, 5.74) is 8.25. The van der Waals surface area contributed by atoms with Gasteiger partial charge in [0.05, 0.1) is 18.4 Å². The fourth-order valence-corrected chi connectivity index (χ4v) is 2.14. The van der Waals surface area contributed by atoms with Crippen molar-refractivity contribution in [2.75, 3.05) is 18.2 Å². The van der Waals surface area contributed by atoms with Crippen LogP contribution < -0.4 is 15.8 Å². The van der Waals surface area contributed by atoms with E-state index in [9.17, 15) is 0 Å². The summed E-state index contributed by atoms with van der Waals surface area (Å²) in [4.78, 5) is 0. The molecule has 19 heavy (non-hydrogen) atoms. The monoisotopic (exact) mass is 317 g/mol. The highest BCUT2D eigenvalue weighted by molar-refractivity contribution is 9.10. The van der Waals surface area contributed by atoms with Crippen LogP contribution in [-0.4, -0.2) is 7.11 Å². The van der Waals surface area contributed by atoms with Crippen molar-refractivity contribution >= 4 is 33.0 Å². The number of nitrogen functional groups attached to an aromatic ring is 1. The molecule has 0 aromatic heterocycles. The number of hydrogen-bond acceptors (Lipinski definition) is 4. The van der Waals surface area contributed by atoms with Gasteiger partial charge in [-0.05, 0) is 30.3 Å². The van der Waals surface area contributed by atoms with Gasteiger partial charge >= 0.3 is 0 Å². The molecule has 0 radical (unpaired) electrons. The van der Waals surface area contributed by atoms with Gasteiger partial charge in [-0.25, -0.2) is 0 Å². The lowest BCUT2D eigenvalue weighted by Gasteiger charge is -2.11. The molecule has 0 unspecified atom stereocenters. The molecule has 0 bridgehead atoms. The van der Waals surface area contributed by atoms with Crippen molar-refractivity contribution in [2.45, 2.75) is 0 Å². The van der Waals surface area contributed by atoms with Crippen LogP contribution in [0.3, 0.4) is 0 Å². The van der Waals surface area contributed by atoms with Gasteiger partial charge in [0.15, 0.2) is 0 Å². The second-order valence-electron chi connectivity index (χ2n) is 3.92. The average molecular weight is 318 g/mol. The molecule has 3 N–H and O–H groups in total. The van der Waals surface area contributed by atoms with Crippen LogP contribution in [-0.2, 0) is 0 Å². The molecule has 4 nitrogen and oxygen atoms in total. The highest BCUT2D eigenvalue weighted by Gasteiger charge is 2.05. The van der Waals surface area contributed by atoms with Crippen LogP contribution in [0.4, 0.5) is 17.1 Å². The number of nitrogens with one attached hydrogen (secondary N) is 1. The summed E-state index contributed by atoms with van der Waals surface area (Å²) in [6.07, 6.45) is 0. The number of rotatable bonds is 3. The zero-order chi connectivity index (χ0) is 13.8. The number of hydrogen-bond donors (Lipinski definition) is 2.